The van der Waals surface area contributed by atoms with Gasteiger partial charge in [-0.15, -0.1) is 0 Å². The molecule has 114 valence electrons. The Labute approximate surface area is 123 Å². The van der Waals surface area contributed by atoms with Crippen LogP contribution in [0.25, 0.3) is 0 Å². The third kappa shape index (κ3) is 2.09. The van der Waals surface area contributed by atoms with Crippen molar-refractivity contribution in [3.8, 4) is 0 Å². The van der Waals surface area contributed by atoms with Crippen LogP contribution in [0.3, 0.4) is 0 Å². The van der Waals surface area contributed by atoms with Crippen LogP contribution in [0.15, 0.2) is 0 Å². The fourth-order valence-electron chi connectivity index (χ4n) is 5.57. The molecule has 0 atom stereocenters. The second-order valence-electron chi connectivity index (χ2n) is 7.70. The number of carbonyl (C=O) groups excluding carboxylic acids is 1. The van der Waals surface area contributed by atoms with Gasteiger partial charge in [0.2, 0.25) is 5.91 Å². The molecule has 0 radical (unpaired) electrons. The summed E-state index contributed by atoms with van der Waals surface area (Å²) in [7, 11) is 2.02. The van der Waals surface area contributed by atoms with E-state index in [4.69, 9.17) is 5.73 Å². The Kier molecular flexibility index (Phi) is 3.60. The fourth-order valence-corrected chi connectivity index (χ4v) is 5.57. The van der Waals surface area contributed by atoms with E-state index in [1.807, 2.05) is 20.9 Å². The van der Waals surface area contributed by atoms with E-state index < -0.39 is 5.54 Å². The number of carbonyl (C=O) groups is 1. The molecule has 3 heteroatoms. The number of nitrogens with zero attached hydrogens (tertiary/aromatic N) is 1. The van der Waals surface area contributed by atoms with Crippen LogP contribution in [0, 0.1) is 23.7 Å². The van der Waals surface area contributed by atoms with Gasteiger partial charge in [0.05, 0.1) is 5.54 Å². The second kappa shape index (κ2) is 5.01. The highest BCUT2D eigenvalue weighted by atomic mass is 16.2. The molecule has 0 aliphatic heterocycles. The molecule has 0 unspecified atom stereocenters. The van der Waals surface area contributed by atoms with Crippen LogP contribution < -0.4 is 5.73 Å². The van der Waals surface area contributed by atoms with Crippen molar-refractivity contribution < 1.29 is 4.79 Å². The van der Waals surface area contributed by atoms with Gasteiger partial charge < -0.3 is 10.6 Å². The van der Waals surface area contributed by atoms with Gasteiger partial charge in [0, 0.05) is 13.1 Å². The Morgan fingerprint density at radius 1 is 1.05 bits per heavy atom. The first kappa shape index (κ1) is 14.4. The topological polar surface area (TPSA) is 46.3 Å². The van der Waals surface area contributed by atoms with Crippen molar-refractivity contribution in [3.63, 3.8) is 0 Å². The van der Waals surface area contributed by atoms with Crippen molar-refractivity contribution in [2.75, 3.05) is 7.05 Å². The number of hydrogen-bond acceptors (Lipinski definition) is 2. The lowest BCUT2D eigenvalue weighted by Crippen LogP contribution is -2.62. The van der Waals surface area contributed by atoms with E-state index in [-0.39, 0.29) is 5.91 Å². The zero-order chi connectivity index (χ0) is 14.5. The standard InChI is InChI=1S/C17H30N2O/c1-4-17(18,5-2)16(20)19(3)15-13-7-11-6-12(9-13)10-14(15)8-11/h11-15H,4-10,18H2,1-3H3. The Balaban J connectivity index is 1.77. The summed E-state index contributed by atoms with van der Waals surface area (Å²) in [6.07, 6.45) is 8.34. The molecule has 4 aliphatic carbocycles. The SMILES string of the molecule is CCC(N)(CC)C(=O)N(C)C1C2CC3CC(C2)CC1C3. The molecule has 20 heavy (non-hydrogen) atoms. The molecule has 4 saturated carbocycles. The van der Waals surface area contributed by atoms with E-state index in [1.165, 1.54) is 32.1 Å². The van der Waals surface area contributed by atoms with E-state index >= 15 is 0 Å². The van der Waals surface area contributed by atoms with Crippen molar-refractivity contribution in [1.29, 1.82) is 0 Å². The van der Waals surface area contributed by atoms with E-state index in [0.717, 1.165) is 36.5 Å². The van der Waals surface area contributed by atoms with Gasteiger partial charge in [0.1, 0.15) is 0 Å². The minimum atomic E-state index is -0.649. The van der Waals surface area contributed by atoms with Gasteiger partial charge in [-0.3, -0.25) is 4.79 Å². The van der Waals surface area contributed by atoms with Crippen molar-refractivity contribution >= 4 is 5.91 Å². The predicted octanol–water partition coefficient (Wildman–Crippen LogP) is 2.79. The van der Waals surface area contributed by atoms with Gasteiger partial charge in [-0.2, -0.15) is 0 Å². The number of nitrogens with two attached hydrogens (primary N) is 1. The fraction of sp³-hybridized carbons (Fsp3) is 0.941. The maximum Gasteiger partial charge on any atom is 0.242 e. The molecule has 0 heterocycles. The van der Waals surface area contributed by atoms with Gasteiger partial charge >= 0.3 is 0 Å². The summed E-state index contributed by atoms with van der Waals surface area (Å²) in [5.41, 5.74) is 5.69. The molecular weight excluding hydrogens is 248 g/mol. The first-order chi connectivity index (χ1) is 9.48. The molecule has 0 spiro atoms. The highest BCUT2D eigenvalue weighted by molar-refractivity contribution is 5.86. The van der Waals surface area contributed by atoms with Crippen LogP contribution >= 0.6 is 0 Å². The van der Waals surface area contributed by atoms with Crippen LogP contribution in [0.4, 0.5) is 0 Å². The van der Waals surface area contributed by atoms with Gasteiger partial charge in [-0.1, -0.05) is 13.8 Å². The summed E-state index contributed by atoms with van der Waals surface area (Å²) in [5, 5.41) is 0. The monoisotopic (exact) mass is 278 g/mol. The summed E-state index contributed by atoms with van der Waals surface area (Å²) in [4.78, 5) is 14.9. The quantitative estimate of drug-likeness (QED) is 0.859. The molecule has 2 N–H and O–H groups in total. The lowest BCUT2D eigenvalue weighted by Gasteiger charge is -2.57. The number of likely N-dealkylation sites (N-methyl/N-ethyl adjacent to an activating group) is 1. The van der Waals surface area contributed by atoms with E-state index in [1.54, 1.807) is 0 Å². The van der Waals surface area contributed by atoms with Gasteiger partial charge in [0.25, 0.3) is 0 Å². The molecule has 4 bridgehead atoms. The van der Waals surface area contributed by atoms with Crippen LogP contribution in [0.1, 0.15) is 58.8 Å². The highest BCUT2D eigenvalue weighted by Gasteiger charge is 2.51. The van der Waals surface area contributed by atoms with Crippen molar-refractivity contribution in [2.45, 2.75) is 70.4 Å². The van der Waals surface area contributed by atoms with E-state index in [0.29, 0.717) is 6.04 Å². The first-order valence-corrected chi connectivity index (χ1v) is 8.54. The average Bonchev–Trinajstić information content (AvgIpc) is 2.44. The van der Waals surface area contributed by atoms with Crippen molar-refractivity contribution in [1.82, 2.24) is 4.90 Å². The normalized spacial score (nSPS) is 39.1. The maximum absolute atomic E-state index is 12.9. The molecule has 1 amide bonds. The number of amides is 1. The largest absolute Gasteiger partial charge is 0.341 e. The molecule has 0 saturated heterocycles. The summed E-state index contributed by atoms with van der Waals surface area (Å²) >= 11 is 0. The lowest BCUT2D eigenvalue weighted by molar-refractivity contribution is -0.147. The first-order valence-electron chi connectivity index (χ1n) is 8.54. The second-order valence-corrected chi connectivity index (χ2v) is 7.70. The van der Waals surface area contributed by atoms with Crippen molar-refractivity contribution in [2.24, 2.45) is 29.4 Å². The summed E-state index contributed by atoms with van der Waals surface area (Å²) in [5.74, 6) is 3.59. The Bertz CT molecular complexity index is 360. The highest BCUT2D eigenvalue weighted by Crippen LogP contribution is 2.55. The molecule has 4 aliphatic rings. The maximum atomic E-state index is 12.9. The Morgan fingerprint density at radius 3 is 1.90 bits per heavy atom. The van der Waals surface area contributed by atoms with Crippen LogP contribution in [0.5, 0.6) is 0 Å². The minimum Gasteiger partial charge on any atom is -0.341 e. The van der Waals surface area contributed by atoms with Gasteiger partial charge in [0.15, 0.2) is 0 Å². The third-order valence-corrected chi connectivity index (χ3v) is 6.63. The average molecular weight is 278 g/mol. The lowest BCUT2D eigenvalue weighted by atomic mass is 9.54. The van der Waals surface area contributed by atoms with Crippen molar-refractivity contribution in [3.05, 3.63) is 0 Å². The summed E-state index contributed by atoms with van der Waals surface area (Å²) in [6, 6.07) is 0.469. The number of hydrogen-bond donors (Lipinski definition) is 1. The van der Waals surface area contributed by atoms with Gasteiger partial charge in [-0.05, 0) is 68.6 Å². The summed E-state index contributed by atoms with van der Waals surface area (Å²) in [6.45, 7) is 4.07. The number of rotatable bonds is 4. The zero-order valence-electron chi connectivity index (χ0n) is 13.3. The van der Waals surface area contributed by atoms with E-state index in [2.05, 4.69) is 4.90 Å². The molecule has 3 nitrogen and oxygen atoms in total. The van der Waals surface area contributed by atoms with Crippen LogP contribution in [-0.2, 0) is 4.79 Å². The minimum absolute atomic E-state index is 0.181. The molecule has 4 rings (SSSR count). The molecule has 0 aromatic heterocycles. The molecule has 0 aromatic rings. The third-order valence-electron chi connectivity index (χ3n) is 6.63. The molecule has 4 fully saturated rings. The smallest absolute Gasteiger partial charge is 0.242 e. The predicted molar refractivity (Wildman–Crippen MR) is 81.1 cm³/mol. The van der Waals surface area contributed by atoms with Crippen LogP contribution in [0.2, 0.25) is 0 Å². The Morgan fingerprint density at radius 2 is 1.50 bits per heavy atom. The Hall–Kier alpha value is -0.570. The molecular formula is C17H30N2O. The van der Waals surface area contributed by atoms with Gasteiger partial charge in [-0.25, -0.2) is 0 Å². The summed E-state index contributed by atoms with van der Waals surface area (Å²) < 4.78 is 0. The zero-order valence-corrected chi connectivity index (χ0v) is 13.3. The van der Waals surface area contributed by atoms with E-state index in [9.17, 15) is 4.79 Å². The molecule has 0 aromatic carbocycles. The van der Waals surface area contributed by atoms with Crippen LogP contribution in [-0.4, -0.2) is 29.4 Å².